The maximum absolute atomic E-state index is 10.4. The molecule has 4 amide bonds. The normalized spacial score (nSPS) is 23.4. The first-order valence-corrected chi connectivity index (χ1v) is 22.5. The van der Waals surface area contributed by atoms with E-state index in [9.17, 15) is 36.0 Å². The lowest BCUT2D eigenvalue weighted by Gasteiger charge is -2.11. The maximum atomic E-state index is 10.4. The van der Waals surface area contributed by atoms with Crippen LogP contribution >= 0.6 is 0 Å². The van der Waals surface area contributed by atoms with Crippen LogP contribution in [0.15, 0.2) is 12.2 Å². The zero-order valence-electron chi connectivity index (χ0n) is 31.5. The van der Waals surface area contributed by atoms with Gasteiger partial charge < -0.3 is 42.0 Å². The summed E-state index contributed by atoms with van der Waals surface area (Å²) in [5, 5.41) is 20.0. The minimum absolute atomic E-state index is 0.0463. The largest absolute Gasteiger partial charge is 0.466 e. The molecule has 8 N–H and O–H groups in total. The van der Waals surface area contributed by atoms with Gasteiger partial charge in [-0.2, -0.15) is 0 Å². The minimum atomic E-state index is -2.80. The van der Waals surface area contributed by atoms with Crippen molar-refractivity contribution in [1.82, 2.24) is 41.9 Å². The van der Waals surface area contributed by atoms with Crippen LogP contribution < -0.4 is 41.9 Å². The molecule has 0 aromatic rings. The molecule has 8 fully saturated rings. The lowest BCUT2D eigenvalue weighted by atomic mass is 10.1. The molecule has 8 saturated heterocycles. The number of cyclic esters (lactones) is 1. The van der Waals surface area contributed by atoms with Gasteiger partial charge in [-0.3, -0.25) is 14.4 Å². The van der Waals surface area contributed by atoms with Gasteiger partial charge >= 0.3 is 12.0 Å². The number of sulfonamides is 1. The molecule has 8 aliphatic heterocycles. The zero-order chi connectivity index (χ0) is 39.0. The van der Waals surface area contributed by atoms with E-state index in [0.717, 1.165) is 77.8 Å². The summed E-state index contributed by atoms with van der Waals surface area (Å²) in [4.78, 5) is 40.5. The van der Waals surface area contributed by atoms with Crippen LogP contribution in [0.3, 0.4) is 0 Å². The highest BCUT2D eigenvalue weighted by molar-refractivity contribution is 7.91. The Hall–Kier alpha value is -2.84. The van der Waals surface area contributed by atoms with Crippen molar-refractivity contribution in [1.29, 1.82) is 0 Å². The number of amides is 4. The third-order valence-corrected chi connectivity index (χ3v) is 11.4. The van der Waals surface area contributed by atoms with Gasteiger partial charge in [-0.25, -0.2) is 26.4 Å². The number of hydrogen-bond donors (Lipinski definition) is 8. The van der Waals surface area contributed by atoms with Crippen molar-refractivity contribution in [3.05, 3.63) is 12.2 Å². The highest BCUT2D eigenvalue weighted by Gasteiger charge is 2.16. The Bertz CT molecular complexity index is 1120. The van der Waals surface area contributed by atoms with E-state index in [-0.39, 0.29) is 23.8 Å². The van der Waals surface area contributed by atoms with Gasteiger partial charge in [-0.05, 0) is 90.4 Å². The van der Waals surface area contributed by atoms with Gasteiger partial charge in [0, 0.05) is 52.1 Å². The molecule has 0 aromatic carbocycles. The van der Waals surface area contributed by atoms with Crippen LogP contribution in [0.1, 0.15) is 83.5 Å². The number of hydrogen-bond acceptors (Lipinski definition) is 12. The molecule has 8 heterocycles. The van der Waals surface area contributed by atoms with E-state index in [1.54, 1.807) is 0 Å². The molecule has 0 spiro atoms. The van der Waals surface area contributed by atoms with Crippen LogP contribution in [0.25, 0.3) is 0 Å². The average Bonchev–Trinajstić information content (AvgIpc) is 4.01. The number of esters is 1. The summed E-state index contributed by atoms with van der Waals surface area (Å²) < 4.78 is 48.4. The number of rotatable bonds is 0. The van der Waals surface area contributed by atoms with Crippen LogP contribution in [0.2, 0.25) is 0 Å². The fourth-order valence-electron chi connectivity index (χ4n) is 5.10. The quantitative estimate of drug-likeness (QED) is 0.118. The molecular weight excluding hydrogens is 729 g/mol. The van der Waals surface area contributed by atoms with Gasteiger partial charge in [0.2, 0.25) is 21.8 Å². The maximum Gasteiger partial charge on any atom is 0.314 e. The molecule has 53 heavy (non-hydrogen) atoms. The van der Waals surface area contributed by atoms with Crippen molar-refractivity contribution >= 4 is 43.7 Å². The second-order valence-electron chi connectivity index (χ2n) is 13.1. The molecular formula is C34H66N8O9S2. The number of carbonyl (C=O) groups excluding carboxylic acids is 4. The van der Waals surface area contributed by atoms with Gasteiger partial charge in [-0.1, -0.05) is 18.6 Å². The summed E-state index contributed by atoms with van der Waals surface area (Å²) in [5.41, 5.74) is 1.41. The molecule has 8 aliphatic rings. The van der Waals surface area contributed by atoms with Crippen molar-refractivity contribution in [2.45, 2.75) is 83.5 Å². The van der Waals surface area contributed by atoms with E-state index in [1.807, 2.05) is 0 Å². The molecule has 0 bridgehead atoms. The summed E-state index contributed by atoms with van der Waals surface area (Å²) in [7, 11) is -5.34. The second-order valence-corrected chi connectivity index (χ2v) is 17.3. The van der Waals surface area contributed by atoms with Gasteiger partial charge in [0.15, 0.2) is 0 Å². The number of sulfone groups is 1. The molecule has 0 saturated carbocycles. The summed E-state index contributed by atoms with van der Waals surface area (Å²) >= 11 is 0. The first-order valence-electron chi connectivity index (χ1n) is 19.1. The van der Waals surface area contributed by atoms with E-state index >= 15 is 0 Å². The zero-order valence-corrected chi connectivity index (χ0v) is 33.1. The predicted molar refractivity (Wildman–Crippen MR) is 207 cm³/mol. The molecule has 8 rings (SSSR count). The Morgan fingerprint density at radius 2 is 1.11 bits per heavy atom. The third-order valence-electron chi connectivity index (χ3n) is 8.12. The third kappa shape index (κ3) is 31.2. The minimum Gasteiger partial charge on any atom is -0.466 e. The van der Waals surface area contributed by atoms with Crippen molar-refractivity contribution in [3.63, 3.8) is 0 Å². The van der Waals surface area contributed by atoms with E-state index in [1.165, 1.54) is 63.7 Å². The molecule has 17 nitrogen and oxygen atoms in total. The molecule has 0 radical (unpaired) electrons. The Labute approximate surface area is 317 Å². The summed E-state index contributed by atoms with van der Waals surface area (Å²) in [6.07, 6.45) is 13.7. The van der Waals surface area contributed by atoms with Crippen LogP contribution in [0, 0.1) is 0 Å². The highest BCUT2D eigenvalue weighted by atomic mass is 32.2. The van der Waals surface area contributed by atoms with Crippen molar-refractivity contribution in [2.75, 3.05) is 95.9 Å². The Balaban J connectivity index is 0.000000303. The molecule has 308 valence electrons. The lowest BCUT2D eigenvalue weighted by molar-refractivity contribution is -0.138. The van der Waals surface area contributed by atoms with Gasteiger partial charge in [0.1, 0.15) is 9.84 Å². The standard InChI is InChI=1S/C7H13N.C5H11N.C4H8N2O.C4H7NO.C4H8O2S.C4H6O2.C3H6N2O.C3H7NO2S/c1-7-3-2-5-8-6-4-7;1-2-4-6-5-3-1;7-4-3-5-1-2-6-4;6-4-2-1-3-5-4;5-7(6)3-1-2-4-7;5-4-2-1-3-6-4;6-3-4-1-2-5-3;5-7(6)3-1-2-4-7/h8H,1-6H2;6H,1-5H2;5H,1-3H2,(H,6,7);1-3H2,(H,5,6);1-4H2;1-3H2;1-2H2,(H2,4,5,6);4H,1-3H2. The van der Waals surface area contributed by atoms with Crippen molar-refractivity contribution < 1.29 is 40.8 Å². The van der Waals surface area contributed by atoms with Crippen LogP contribution in [-0.2, 0) is 39.0 Å². The number of nitrogens with one attached hydrogen (secondary N) is 8. The fraction of sp³-hybridized carbons (Fsp3) is 0.824. The molecule has 0 atom stereocenters. The number of carbonyl (C=O) groups is 4. The summed E-state index contributed by atoms with van der Waals surface area (Å²) in [6, 6.07) is -0.0463. The first-order chi connectivity index (χ1) is 25.4. The number of urea groups is 1. The smallest absolute Gasteiger partial charge is 0.314 e. The van der Waals surface area contributed by atoms with Gasteiger partial charge in [0.25, 0.3) is 0 Å². The van der Waals surface area contributed by atoms with Crippen LogP contribution in [0.4, 0.5) is 4.79 Å². The van der Waals surface area contributed by atoms with E-state index in [0.29, 0.717) is 43.4 Å². The topological polar surface area (TPSA) is 242 Å². The predicted octanol–water partition coefficient (Wildman–Crippen LogP) is -0.195. The number of piperazine rings is 1. The lowest BCUT2D eigenvalue weighted by Crippen LogP contribution is -2.44. The number of piperidine rings is 1. The highest BCUT2D eigenvalue weighted by Crippen LogP contribution is 2.09. The Morgan fingerprint density at radius 1 is 0.491 bits per heavy atom. The van der Waals surface area contributed by atoms with Crippen molar-refractivity contribution in [3.8, 4) is 0 Å². The summed E-state index contributed by atoms with van der Waals surface area (Å²) in [6.45, 7) is 14.6. The van der Waals surface area contributed by atoms with E-state index in [2.05, 4.69) is 53.3 Å². The van der Waals surface area contributed by atoms with Gasteiger partial charge in [0.05, 0.1) is 30.4 Å². The van der Waals surface area contributed by atoms with E-state index < -0.39 is 19.9 Å². The summed E-state index contributed by atoms with van der Waals surface area (Å²) in [5.74, 6) is 1.42. The molecule has 0 aliphatic carbocycles. The molecule has 19 heteroatoms. The second kappa shape index (κ2) is 30.5. The number of ether oxygens (including phenoxy) is 1. The van der Waals surface area contributed by atoms with E-state index in [4.69, 9.17) is 0 Å². The Kier molecular flexibility index (Phi) is 27.7. The average molecular weight is 795 g/mol. The van der Waals surface area contributed by atoms with Gasteiger partial charge in [-0.15, -0.1) is 0 Å². The molecule has 0 aromatic heterocycles. The SMILES string of the molecule is C1CCNCC1.C=C1CCCNCC1.O=C1CCCN1.O=C1CCCO1.O=C1CNCCN1.O=C1NCCN1.O=S1(=O)CCCC1.O=S1(=O)CCCN1. The van der Waals surface area contributed by atoms with Crippen LogP contribution in [-0.4, -0.2) is 137 Å². The molecule has 0 unspecified atom stereocenters. The first kappa shape index (κ1) is 48.2. The monoisotopic (exact) mass is 794 g/mol. The Morgan fingerprint density at radius 3 is 1.40 bits per heavy atom. The van der Waals surface area contributed by atoms with Crippen molar-refractivity contribution in [2.24, 2.45) is 0 Å². The van der Waals surface area contributed by atoms with Crippen LogP contribution in [0.5, 0.6) is 0 Å². The fourth-order valence-corrected chi connectivity index (χ4v) is 7.71.